The van der Waals surface area contributed by atoms with Gasteiger partial charge >= 0.3 is 6.18 Å². The van der Waals surface area contributed by atoms with Gasteiger partial charge < -0.3 is 15.5 Å². The second-order valence-corrected chi connectivity index (χ2v) is 7.34. The van der Waals surface area contributed by atoms with Gasteiger partial charge in [0.15, 0.2) is 0 Å². The Kier molecular flexibility index (Phi) is 6.59. The van der Waals surface area contributed by atoms with Crippen molar-refractivity contribution >= 4 is 23.3 Å². The molecule has 30 heavy (non-hydrogen) atoms. The fraction of sp³-hybridized carbons (Fsp3) is 0.381. The van der Waals surface area contributed by atoms with E-state index in [0.29, 0.717) is 36.5 Å². The lowest BCUT2D eigenvalue weighted by atomic mass is 9.97. The minimum absolute atomic E-state index is 0.283. The number of hydrogen-bond donors (Lipinski definition) is 2. The van der Waals surface area contributed by atoms with Crippen molar-refractivity contribution in [3.8, 4) is 0 Å². The molecule has 0 spiro atoms. The summed E-state index contributed by atoms with van der Waals surface area (Å²) in [7, 11) is 0. The predicted molar refractivity (Wildman–Crippen MR) is 107 cm³/mol. The van der Waals surface area contributed by atoms with Crippen molar-refractivity contribution in [3.05, 3.63) is 53.7 Å². The third-order valence-electron chi connectivity index (χ3n) is 4.90. The molecule has 1 aliphatic heterocycles. The Bertz CT molecular complexity index is 883. The van der Waals surface area contributed by atoms with Crippen molar-refractivity contribution < 1.29 is 22.8 Å². The minimum Gasteiger partial charge on any atom is -0.356 e. The van der Waals surface area contributed by atoms with E-state index < -0.39 is 24.5 Å². The van der Waals surface area contributed by atoms with E-state index in [1.807, 2.05) is 41.4 Å². The molecule has 9 heteroatoms. The normalized spacial score (nSPS) is 16.8. The van der Waals surface area contributed by atoms with Gasteiger partial charge in [-0.2, -0.15) is 13.2 Å². The maximum absolute atomic E-state index is 12.4. The molecule has 1 aromatic carbocycles. The molecule has 1 fully saturated rings. The molecular weight excluding hydrogens is 397 g/mol. The Balaban J connectivity index is 1.59. The number of piperidine rings is 1. The van der Waals surface area contributed by atoms with Crippen LogP contribution in [0, 0.1) is 12.8 Å². The Morgan fingerprint density at radius 2 is 1.90 bits per heavy atom. The highest BCUT2D eigenvalue weighted by Gasteiger charge is 2.31. The van der Waals surface area contributed by atoms with E-state index in [4.69, 9.17) is 0 Å². The first-order valence-corrected chi connectivity index (χ1v) is 9.65. The number of rotatable bonds is 5. The smallest absolute Gasteiger partial charge is 0.356 e. The van der Waals surface area contributed by atoms with Gasteiger partial charge in [0, 0.05) is 25.0 Å². The van der Waals surface area contributed by atoms with Gasteiger partial charge in [-0.1, -0.05) is 17.7 Å². The van der Waals surface area contributed by atoms with Gasteiger partial charge in [-0.3, -0.25) is 9.59 Å². The van der Waals surface area contributed by atoms with E-state index >= 15 is 0 Å². The number of carbonyl (C=O) groups is 2. The van der Waals surface area contributed by atoms with Gasteiger partial charge in [0.1, 0.15) is 12.4 Å². The molecule has 1 saturated heterocycles. The average Bonchev–Trinajstić information content (AvgIpc) is 2.73. The van der Waals surface area contributed by atoms with Gasteiger partial charge in [-0.15, -0.1) is 0 Å². The van der Waals surface area contributed by atoms with E-state index in [0.717, 1.165) is 5.56 Å². The number of pyridine rings is 1. The third-order valence-corrected chi connectivity index (χ3v) is 4.90. The number of aromatic nitrogens is 1. The zero-order valence-corrected chi connectivity index (χ0v) is 16.5. The lowest BCUT2D eigenvalue weighted by Crippen LogP contribution is -2.45. The molecule has 0 bridgehead atoms. The lowest BCUT2D eigenvalue weighted by molar-refractivity contribution is -0.140. The summed E-state index contributed by atoms with van der Waals surface area (Å²) in [5, 5.41) is 4.75. The third kappa shape index (κ3) is 5.95. The van der Waals surface area contributed by atoms with Gasteiger partial charge in [0.2, 0.25) is 5.91 Å². The molecule has 2 amide bonds. The second-order valence-electron chi connectivity index (χ2n) is 7.34. The number of nitrogens with one attached hydrogen (secondary N) is 2. The summed E-state index contributed by atoms with van der Waals surface area (Å²) < 4.78 is 36.9. The van der Waals surface area contributed by atoms with E-state index in [1.165, 1.54) is 6.20 Å². The van der Waals surface area contributed by atoms with E-state index in [1.54, 1.807) is 12.1 Å². The van der Waals surface area contributed by atoms with Crippen molar-refractivity contribution in [2.45, 2.75) is 25.9 Å². The molecule has 2 N–H and O–H groups in total. The maximum atomic E-state index is 12.4. The largest absolute Gasteiger partial charge is 0.405 e. The first kappa shape index (κ1) is 21.6. The van der Waals surface area contributed by atoms with Crippen LogP contribution in [0.4, 0.5) is 24.7 Å². The van der Waals surface area contributed by atoms with E-state index in [2.05, 4.69) is 10.3 Å². The van der Waals surface area contributed by atoms with Crippen LogP contribution >= 0.6 is 0 Å². The van der Waals surface area contributed by atoms with Crippen LogP contribution in [0.25, 0.3) is 0 Å². The first-order chi connectivity index (χ1) is 14.2. The molecule has 3 rings (SSSR count). The number of benzene rings is 1. The van der Waals surface area contributed by atoms with Crippen LogP contribution < -0.4 is 15.5 Å². The minimum atomic E-state index is -4.43. The van der Waals surface area contributed by atoms with Crippen molar-refractivity contribution in [1.29, 1.82) is 0 Å². The highest BCUT2D eigenvalue weighted by Crippen LogP contribution is 2.23. The highest BCUT2D eigenvalue weighted by molar-refractivity contribution is 6.04. The molecule has 0 aliphatic carbocycles. The number of anilines is 2. The first-order valence-electron chi connectivity index (χ1n) is 9.65. The Morgan fingerprint density at radius 1 is 1.17 bits per heavy atom. The monoisotopic (exact) mass is 420 g/mol. The standard InChI is InChI=1S/C21H23F3N4O2/c1-14-4-7-17(8-5-14)27-20(30)15-6-9-18(25-11-15)28-10-2-3-16(12-28)19(29)26-13-21(22,23)24/h4-9,11,16H,2-3,10,12-13H2,1H3,(H,26,29)(H,27,30). The van der Waals surface area contributed by atoms with Crippen LogP contribution in [-0.2, 0) is 4.79 Å². The number of carbonyl (C=O) groups excluding carboxylic acids is 2. The number of aryl methyl sites for hydroxylation is 1. The molecule has 1 aromatic heterocycles. The number of nitrogens with zero attached hydrogens (tertiary/aromatic N) is 2. The summed E-state index contributed by atoms with van der Waals surface area (Å²) in [6.45, 7) is 1.56. The summed E-state index contributed by atoms with van der Waals surface area (Å²) in [6, 6.07) is 10.7. The number of hydrogen-bond acceptors (Lipinski definition) is 4. The fourth-order valence-corrected chi connectivity index (χ4v) is 3.28. The van der Waals surface area contributed by atoms with Crippen LogP contribution in [0.5, 0.6) is 0 Å². The van der Waals surface area contributed by atoms with Crippen molar-refractivity contribution in [3.63, 3.8) is 0 Å². The zero-order valence-electron chi connectivity index (χ0n) is 16.5. The number of amides is 2. The molecule has 160 valence electrons. The summed E-state index contributed by atoms with van der Waals surface area (Å²) in [6.07, 6.45) is -1.79. The van der Waals surface area contributed by atoms with Crippen LogP contribution in [0.3, 0.4) is 0 Å². The SMILES string of the molecule is Cc1ccc(NC(=O)c2ccc(N3CCCC(C(=O)NCC(F)(F)F)C3)nc2)cc1. The quantitative estimate of drug-likeness (QED) is 0.776. The number of halogens is 3. The molecule has 2 aromatic rings. The summed E-state index contributed by atoms with van der Waals surface area (Å²) in [5.74, 6) is -0.852. The zero-order chi connectivity index (χ0) is 21.7. The molecule has 2 heterocycles. The summed E-state index contributed by atoms with van der Waals surface area (Å²) in [4.78, 5) is 30.6. The van der Waals surface area contributed by atoms with Crippen molar-refractivity contribution in [1.82, 2.24) is 10.3 Å². The van der Waals surface area contributed by atoms with Crippen LogP contribution in [0.15, 0.2) is 42.6 Å². The molecule has 1 aliphatic rings. The fourth-order valence-electron chi connectivity index (χ4n) is 3.28. The van der Waals surface area contributed by atoms with Crippen LogP contribution in [0.1, 0.15) is 28.8 Å². The van der Waals surface area contributed by atoms with Gasteiger partial charge in [-0.05, 0) is 44.0 Å². The number of alkyl halides is 3. The molecule has 6 nitrogen and oxygen atoms in total. The molecule has 1 atom stereocenters. The lowest BCUT2D eigenvalue weighted by Gasteiger charge is -2.33. The second kappa shape index (κ2) is 9.15. The van der Waals surface area contributed by atoms with Crippen molar-refractivity contribution in [2.75, 3.05) is 29.9 Å². The molecule has 1 unspecified atom stereocenters. The van der Waals surface area contributed by atoms with E-state index in [-0.39, 0.29) is 12.5 Å². The summed E-state index contributed by atoms with van der Waals surface area (Å²) >= 11 is 0. The topological polar surface area (TPSA) is 74.3 Å². The van der Waals surface area contributed by atoms with Gasteiger partial charge in [-0.25, -0.2) is 4.98 Å². The molecule has 0 radical (unpaired) electrons. The molecular formula is C21H23F3N4O2. The Labute approximate surface area is 172 Å². The molecule has 0 saturated carbocycles. The van der Waals surface area contributed by atoms with Crippen LogP contribution in [-0.4, -0.2) is 42.6 Å². The predicted octanol–water partition coefficient (Wildman–Crippen LogP) is 3.54. The van der Waals surface area contributed by atoms with Gasteiger partial charge in [0.25, 0.3) is 5.91 Å². The Hall–Kier alpha value is -3.10. The summed E-state index contributed by atoms with van der Waals surface area (Å²) in [5.41, 5.74) is 2.15. The van der Waals surface area contributed by atoms with Crippen molar-refractivity contribution in [2.24, 2.45) is 5.92 Å². The van der Waals surface area contributed by atoms with Gasteiger partial charge in [0.05, 0.1) is 11.5 Å². The average molecular weight is 420 g/mol. The maximum Gasteiger partial charge on any atom is 0.405 e. The highest BCUT2D eigenvalue weighted by atomic mass is 19.4. The van der Waals surface area contributed by atoms with E-state index in [9.17, 15) is 22.8 Å². The Morgan fingerprint density at radius 3 is 2.53 bits per heavy atom. The van der Waals surface area contributed by atoms with Crippen LogP contribution in [0.2, 0.25) is 0 Å².